The van der Waals surface area contributed by atoms with Crippen LogP contribution in [0.4, 0.5) is 24.5 Å². The Labute approximate surface area is 155 Å². The van der Waals surface area contributed by atoms with Crippen LogP contribution in [0.3, 0.4) is 0 Å². The second-order valence-corrected chi connectivity index (χ2v) is 7.82. The van der Waals surface area contributed by atoms with E-state index in [1.165, 1.54) is 30.6 Å². The van der Waals surface area contributed by atoms with E-state index < -0.39 is 31.7 Å². The van der Waals surface area contributed by atoms with Gasteiger partial charge in [-0.2, -0.15) is 13.2 Å². The minimum atomic E-state index is -4.62. The first-order valence-corrected chi connectivity index (χ1v) is 9.95. The van der Waals surface area contributed by atoms with E-state index in [4.69, 9.17) is 10.3 Å². The number of nitrogens with zero attached hydrogens (tertiary/aromatic N) is 1. The number of halogens is 3. The highest BCUT2D eigenvalue weighted by molar-refractivity contribution is 7.52. The van der Waals surface area contributed by atoms with Gasteiger partial charge in [0.15, 0.2) is 0 Å². The SMILES string of the molecule is CCC(C)OP(=O)(O)CNc1cc(-c2cccnc2)c(C(F)(F)F)cc1N. The summed E-state index contributed by atoms with van der Waals surface area (Å²) in [6.45, 7) is 3.45. The van der Waals surface area contributed by atoms with Crippen molar-refractivity contribution in [2.75, 3.05) is 17.3 Å². The molecule has 0 aliphatic heterocycles. The Morgan fingerprint density at radius 2 is 2.11 bits per heavy atom. The molecule has 1 heterocycles. The number of pyridine rings is 1. The van der Waals surface area contributed by atoms with E-state index in [9.17, 15) is 22.6 Å². The summed E-state index contributed by atoms with van der Waals surface area (Å²) in [5.74, 6) is 0. The number of hydrogen-bond acceptors (Lipinski definition) is 5. The molecule has 0 saturated carbocycles. The summed E-state index contributed by atoms with van der Waals surface area (Å²) in [4.78, 5) is 13.7. The van der Waals surface area contributed by atoms with Gasteiger partial charge in [0, 0.05) is 18.0 Å². The second-order valence-electron chi connectivity index (χ2n) is 6.02. The van der Waals surface area contributed by atoms with E-state index in [1.54, 1.807) is 13.8 Å². The fourth-order valence-corrected chi connectivity index (χ4v) is 3.50. The highest BCUT2D eigenvalue weighted by atomic mass is 31.2. The molecule has 27 heavy (non-hydrogen) atoms. The van der Waals surface area contributed by atoms with Gasteiger partial charge >= 0.3 is 13.8 Å². The molecule has 0 bridgehead atoms. The number of aromatic nitrogens is 1. The van der Waals surface area contributed by atoms with Crippen molar-refractivity contribution in [1.82, 2.24) is 4.98 Å². The molecular weight excluding hydrogens is 382 g/mol. The summed E-state index contributed by atoms with van der Waals surface area (Å²) in [6, 6.07) is 4.99. The quantitative estimate of drug-likeness (QED) is 0.457. The molecule has 0 radical (unpaired) electrons. The van der Waals surface area contributed by atoms with Crippen molar-refractivity contribution < 1.29 is 27.2 Å². The average Bonchev–Trinajstić information content (AvgIpc) is 2.60. The van der Waals surface area contributed by atoms with Gasteiger partial charge in [0.1, 0.15) is 6.29 Å². The van der Waals surface area contributed by atoms with Gasteiger partial charge in [-0.05, 0) is 37.1 Å². The molecule has 0 aliphatic carbocycles. The molecule has 2 unspecified atom stereocenters. The summed E-state index contributed by atoms with van der Waals surface area (Å²) >= 11 is 0. The van der Waals surface area contributed by atoms with Gasteiger partial charge in [0.2, 0.25) is 0 Å². The fraction of sp³-hybridized carbons (Fsp3) is 0.353. The van der Waals surface area contributed by atoms with Crippen LogP contribution < -0.4 is 11.1 Å². The second kappa shape index (κ2) is 8.29. The summed E-state index contributed by atoms with van der Waals surface area (Å²) in [5.41, 5.74) is 4.83. The van der Waals surface area contributed by atoms with Crippen LogP contribution in [0.1, 0.15) is 25.8 Å². The number of hydrogen-bond donors (Lipinski definition) is 3. The average molecular weight is 403 g/mol. The minimum Gasteiger partial charge on any atom is -0.397 e. The third-order valence-corrected chi connectivity index (χ3v) is 5.10. The third-order valence-electron chi connectivity index (χ3n) is 3.86. The highest BCUT2D eigenvalue weighted by Gasteiger charge is 2.35. The van der Waals surface area contributed by atoms with Crippen molar-refractivity contribution in [2.24, 2.45) is 0 Å². The van der Waals surface area contributed by atoms with Crippen molar-refractivity contribution in [3.05, 3.63) is 42.2 Å². The van der Waals surface area contributed by atoms with Crippen LogP contribution in [0.2, 0.25) is 0 Å². The zero-order valence-electron chi connectivity index (χ0n) is 14.8. The molecule has 6 nitrogen and oxygen atoms in total. The number of benzene rings is 1. The Kier molecular flexibility index (Phi) is 6.51. The van der Waals surface area contributed by atoms with E-state index in [-0.39, 0.29) is 22.5 Å². The molecule has 2 aromatic rings. The van der Waals surface area contributed by atoms with Crippen molar-refractivity contribution in [2.45, 2.75) is 32.5 Å². The Bertz CT molecular complexity index is 831. The lowest BCUT2D eigenvalue weighted by Crippen LogP contribution is -2.13. The Morgan fingerprint density at radius 1 is 1.41 bits per heavy atom. The molecule has 0 fully saturated rings. The summed E-state index contributed by atoms with van der Waals surface area (Å²) in [5, 5.41) is 2.62. The van der Waals surface area contributed by atoms with Crippen LogP contribution in [-0.2, 0) is 15.3 Å². The van der Waals surface area contributed by atoms with Gasteiger partial charge in [-0.1, -0.05) is 13.0 Å². The maximum absolute atomic E-state index is 13.4. The molecule has 0 aliphatic rings. The topological polar surface area (TPSA) is 97.5 Å². The van der Waals surface area contributed by atoms with E-state index in [0.717, 1.165) is 6.07 Å². The number of anilines is 2. The smallest absolute Gasteiger partial charge is 0.397 e. The lowest BCUT2D eigenvalue weighted by molar-refractivity contribution is -0.137. The summed E-state index contributed by atoms with van der Waals surface area (Å²) in [7, 11) is -3.98. The maximum atomic E-state index is 13.4. The van der Waals surface area contributed by atoms with Crippen LogP contribution in [0, 0.1) is 0 Å². The van der Waals surface area contributed by atoms with E-state index >= 15 is 0 Å². The van der Waals surface area contributed by atoms with Crippen LogP contribution in [0.5, 0.6) is 0 Å². The normalized spacial score (nSPS) is 15.2. The molecule has 2 rings (SSSR count). The zero-order valence-corrected chi connectivity index (χ0v) is 15.7. The highest BCUT2D eigenvalue weighted by Crippen LogP contribution is 2.45. The number of nitrogen functional groups attached to an aromatic ring is 1. The fourth-order valence-electron chi connectivity index (χ4n) is 2.34. The van der Waals surface area contributed by atoms with E-state index in [2.05, 4.69) is 10.3 Å². The molecule has 0 spiro atoms. The van der Waals surface area contributed by atoms with Crippen LogP contribution in [0.25, 0.3) is 11.1 Å². The predicted molar refractivity (Wildman–Crippen MR) is 98.2 cm³/mol. The Balaban J connectivity index is 2.37. The molecule has 10 heteroatoms. The summed E-state index contributed by atoms with van der Waals surface area (Å²) in [6.07, 6.45) is -2.26. The van der Waals surface area contributed by atoms with Crippen molar-refractivity contribution in [3.8, 4) is 11.1 Å². The standard InChI is InChI=1S/C17H21F3N3O3P/c1-3-11(2)26-27(24,25)10-23-16-7-13(12-5-4-6-22-9-12)14(8-15(16)21)17(18,19)20/h4-9,11,23H,3,10,21H2,1-2H3,(H,24,25). The van der Waals surface area contributed by atoms with E-state index in [1.807, 2.05) is 0 Å². The molecule has 2 atom stereocenters. The van der Waals surface area contributed by atoms with Crippen molar-refractivity contribution in [1.29, 1.82) is 0 Å². The summed E-state index contributed by atoms with van der Waals surface area (Å²) < 4.78 is 57.4. The first-order chi connectivity index (χ1) is 12.5. The van der Waals surface area contributed by atoms with Gasteiger partial charge < -0.3 is 20.5 Å². The lowest BCUT2D eigenvalue weighted by atomic mass is 9.99. The van der Waals surface area contributed by atoms with Crippen LogP contribution in [0.15, 0.2) is 36.7 Å². The first kappa shape index (κ1) is 21.2. The largest absolute Gasteiger partial charge is 0.417 e. The number of alkyl halides is 3. The molecule has 0 amide bonds. The van der Waals surface area contributed by atoms with E-state index in [0.29, 0.717) is 6.42 Å². The van der Waals surface area contributed by atoms with Gasteiger partial charge in [0.05, 0.1) is 23.0 Å². The van der Waals surface area contributed by atoms with Crippen molar-refractivity contribution in [3.63, 3.8) is 0 Å². The van der Waals surface area contributed by atoms with Crippen molar-refractivity contribution >= 4 is 19.0 Å². The predicted octanol–water partition coefficient (Wildman–Crippen LogP) is 4.72. The van der Waals surface area contributed by atoms with Crippen LogP contribution >= 0.6 is 7.60 Å². The maximum Gasteiger partial charge on any atom is 0.417 e. The molecule has 148 valence electrons. The molecule has 0 saturated heterocycles. The Hall–Kier alpha value is -2.09. The lowest BCUT2D eigenvalue weighted by Gasteiger charge is -2.20. The number of nitrogens with one attached hydrogen (secondary N) is 1. The van der Waals surface area contributed by atoms with Gasteiger partial charge in [0.25, 0.3) is 0 Å². The minimum absolute atomic E-state index is 0.101. The molecule has 1 aromatic heterocycles. The molecule has 1 aromatic carbocycles. The van der Waals surface area contributed by atoms with Gasteiger partial charge in [-0.25, -0.2) is 0 Å². The van der Waals surface area contributed by atoms with Crippen LogP contribution in [-0.4, -0.2) is 22.3 Å². The zero-order chi connectivity index (χ0) is 20.2. The molecule has 4 N–H and O–H groups in total. The third kappa shape index (κ3) is 5.69. The first-order valence-electron chi connectivity index (χ1n) is 8.18. The monoisotopic (exact) mass is 403 g/mol. The van der Waals surface area contributed by atoms with Gasteiger partial charge in [-0.15, -0.1) is 0 Å². The number of rotatable bonds is 7. The molecular formula is C17H21F3N3O3P. The number of nitrogens with two attached hydrogens (primary N) is 1. The van der Waals surface area contributed by atoms with Gasteiger partial charge in [-0.3, -0.25) is 9.55 Å². The Morgan fingerprint density at radius 3 is 2.67 bits per heavy atom.